The summed E-state index contributed by atoms with van der Waals surface area (Å²) in [6.07, 6.45) is 5.36. The van der Waals surface area contributed by atoms with E-state index in [-0.39, 0.29) is 11.3 Å². The topological polar surface area (TPSA) is 50.2 Å². The van der Waals surface area contributed by atoms with Gasteiger partial charge in [-0.15, -0.1) is 0 Å². The van der Waals surface area contributed by atoms with Crippen molar-refractivity contribution in [3.63, 3.8) is 0 Å². The molecule has 1 aromatic heterocycles. The lowest BCUT2D eigenvalue weighted by molar-refractivity contribution is 0.0605. The third-order valence-corrected chi connectivity index (χ3v) is 6.12. The molecule has 2 saturated heterocycles. The van der Waals surface area contributed by atoms with Crippen molar-refractivity contribution in [3.8, 4) is 5.69 Å². The van der Waals surface area contributed by atoms with Crippen LogP contribution in [0.5, 0.6) is 0 Å². The standard InChI is InChI=1S/C22H30N4O/c1-21(2,3)19-18(15-26(24-19)17-7-5-4-6-8-17)20(27)25-13-10-22(11-14-25)9-12-23-16-22/h4-8,15,23H,9-14,16H2,1-3H3. The number of hydrogen-bond donors (Lipinski definition) is 1. The van der Waals surface area contributed by atoms with Crippen molar-refractivity contribution < 1.29 is 4.79 Å². The van der Waals surface area contributed by atoms with E-state index in [2.05, 4.69) is 26.1 Å². The SMILES string of the molecule is CC(C)(C)c1nn(-c2ccccc2)cc1C(=O)N1CCC2(CCNC2)CC1. The second kappa shape index (κ2) is 6.79. The van der Waals surface area contributed by atoms with Crippen molar-refractivity contribution in [2.75, 3.05) is 26.2 Å². The van der Waals surface area contributed by atoms with Crippen molar-refractivity contribution in [2.45, 2.75) is 45.4 Å². The number of benzene rings is 1. The first-order chi connectivity index (χ1) is 12.9. The second-order valence-electron chi connectivity index (χ2n) is 9.14. The first-order valence-corrected chi connectivity index (χ1v) is 10.0. The van der Waals surface area contributed by atoms with Crippen molar-refractivity contribution in [2.24, 2.45) is 5.41 Å². The summed E-state index contributed by atoms with van der Waals surface area (Å²) in [5.74, 6) is 0.128. The highest BCUT2D eigenvalue weighted by molar-refractivity contribution is 5.95. The lowest BCUT2D eigenvalue weighted by atomic mass is 9.77. The predicted molar refractivity (Wildman–Crippen MR) is 107 cm³/mol. The fourth-order valence-corrected chi connectivity index (χ4v) is 4.37. The Labute approximate surface area is 161 Å². The van der Waals surface area contributed by atoms with Crippen molar-refractivity contribution in [1.29, 1.82) is 0 Å². The third kappa shape index (κ3) is 3.53. The Balaban J connectivity index is 1.60. The number of amides is 1. The Bertz CT molecular complexity index is 803. The van der Waals surface area contributed by atoms with Gasteiger partial charge >= 0.3 is 0 Å². The van der Waals surface area contributed by atoms with Gasteiger partial charge in [-0.05, 0) is 43.4 Å². The van der Waals surface area contributed by atoms with Gasteiger partial charge in [0, 0.05) is 31.2 Å². The maximum atomic E-state index is 13.4. The molecule has 2 fully saturated rings. The van der Waals surface area contributed by atoms with Crippen LogP contribution in [-0.2, 0) is 5.41 Å². The Morgan fingerprint density at radius 2 is 1.81 bits per heavy atom. The van der Waals surface area contributed by atoms with Crippen LogP contribution in [0.15, 0.2) is 36.5 Å². The van der Waals surface area contributed by atoms with Gasteiger partial charge in [0.1, 0.15) is 0 Å². The van der Waals surface area contributed by atoms with Crippen LogP contribution in [0, 0.1) is 5.41 Å². The van der Waals surface area contributed by atoms with Gasteiger partial charge in [-0.3, -0.25) is 4.79 Å². The molecule has 1 amide bonds. The molecular formula is C22H30N4O. The molecule has 5 nitrogen and oxygen atoms in total. The van der Waals surface area contributed by atoms with Crippen LogP contribution in [-0.4, -0.2) is 46.8 Å². The molecule has 0 unspecified atom stereocenters. The number of nitrogens with one attached hydrogen (secondary N) is 1. The fraction of sp³-hybridized carbons (Fsp3) is 0.545. The normalized spacial score (nSPS) is 19.6. The summed E-state index contributed by atoms with van der Waals surface area (Å²) in [7, 11) is 0. The number of rotatable bonds is 2. The first-order valence-electron chi connectivity index (χ1n) is 10.0. The van der Waals surface area contributed by atoms with Gasteiger partial charge < -0.3 is 10.2 Å². The molecule has 27 heavy (non-hydrogen) atoms. The van der Waals surface area contributed by atoms with Crippen LogP contribution < -0.4 is 5.32 Å². The molecule has 1 spiro atoms. The molecule has 2 aliphatic heterocycles. The van der Waals surface area contributed by atoms with Gasteiger partial charge in [-0.25, -0.2) is 4.68 Å². The van der Waals surface area contributed by atoms with E-state index in [0.717, 1.165) is 56.0 Å². The van der Waals surface area contributed by atoms with Gasteiger partial charge in [-0.1, -0.05) is 39.0 Å². The minimum Gasteiger partial charge on any atom is -0.338 e. The molecule has 2 aliphatic rings. The molecule has 0 bridgehead atoms. The van der Waals surface area contributed by atoms with E-state index >= 15 is 0 Å². The summed E-state index contributed by atoms with van der Waals surface area (Å²) < 4.78 is 1.85. The molecule has 4 rings (SSSR count). The Morgan fingerprint density at radius 1 is 1.11 bits per heavy atom. The number of aromatic nitrogens is 2. The zero-order chi connectivity index (χ0) is 19.1. The molecule has 1 N–H and O–H groups in total. The van der Waals surface area contributed by atoms with E-state index in [4.69, 9.17) is 5.10 Å². The molecule has 0 atom stereocenters. The number of hydrogen-bond acceptors (Lipinski definition) is 3. The average Bonchev–Trinajstić information content (AvgIpc) is 3.30. The van der Waals surface area contributed by atoms with Gasteiger partial charge in [0.25, 0.3) is 5.91 Å². The number of carbonyl (C=O) groups excluding carboxylic acids is 1. The van der Waals surface area contributed by atoms with Gasteiger partial charge in [0.2, 0.25) is 0 Å². The molecule has 1 aromatic carbocycles. The van der Waals surface area contributed by atoms with Crippen molar-refractivity contribution >= 4 is 5.91 Å². The first kappa shape index (κ1) is 18.2. The van der Waals surface area contributed by atoms with E-state index < -0.39 is 0 Å². The summed E-state index contributed by atoms with van der Waals surface area (Å²) in [6, 6.07) is 10.0. The Morgan fingerprint density at radius 3 is 2.41 bits per heavy atom. The van der Waals surface area contributed by atoms with E-state index in [1.54, 1.807) is 0 Å². The number of likely N-dealkylation sites (tertiary alicyclic amines) is 1. The molecule has 0 aliphatic carbocycles. The van der Waals surface area contributed by atoms with Crippen LogP contribution in [0.25, 0.3) is 5.69 Å². The highest BCUT2D eigenvalue weighted by Crippen LogP contribution is 2.37. The fourth-order valence-electron chi connectivity index (χ4n) is 4.37. The summed E-state index contributed by atoms with van der Waals surface area (Å²) >= 11 is 0. The zero-order valence-electron chi connectivity index (χ0n) is 16.7. The molecule has 144 valence electrons. The molecular weight excluding hydrogens is 336 g/mol. The Hall–Kier alpha value is -2.14. The average molecular weight is 367 g/mol. The number of piperidine rings is 1. The lowest BCUT2D eigenvalue weighted by Gasteiger charge is -2.39. The van der Waals surface area contributed by atoms with Crippen LogP contribution in [0.4, 0.5) is 0 Å². The number of nitrogens with zero attached hydrogens (tertiary/aromatic N) is 3. The van der Waals surface area contributed by atoms with Gasteiger partial charge in [0.15, 0.2) is 0 Å². The molecule has 0 saturated carbocycles. The summed E-state index contributed by atoms with van der Waals surface area (Å²) in [5.41, 5.74) is 2.83. The number of carbonyl (C=O) groups is 1. The summed E-state index contributed by atoms with van der Waals surface area (Å²) in [5, 5.41) is 8.29. The zero-order valence-corrected chi connectivity index (χ0v) is 16.7. The van der Waals surface area contributed by atoms with E-state index in [0.29, 0.717) is 5.41 Å². The van der Waals surface area contributed by atoms with Gasteiger partial charge in [-0.2, -0.15) is 5.10 Å². The molecule has 2 aromatic rings. The predicted octanol–water partition coefficient (Wildman–Crippen LogP) is 3.39. The maximum Gasteiger partial charge on any atom is 0.257 e. The minimum absolute atomic E-state index is 0.128. The second-order valence-corrected chi connectivity index (χ2v) is 9.14. The Kier molecular flexibility index (Phi) is 4.58. The summed E-state index contributed by atoms with van der Waals surface area (Å²) in [6.45, 7) is 10.3. The van der Waals surface area contributed by atoms with Crippen molar-refractivity contribution in [1.82, 2.24) is 20.0 Å². The van der Waals surface area contributed by atoms with Crippen LogP contribution >= 0.6 is 0 Å². The van der Waals surface area contributed by atoms with Crippen LogP contribution in [0.3, 0.4) is 0 Å². The van der Waals surface area contributed by atoms with E-state index in [1.807, 2.05) is 46.1 Å². The van der Waals surface area contributed by atoms with Crippen LogP contribution in [0.1, 0.15) is 56.1 Å². The molecule has 3 heterocycles. The smallest absolute Gasteiger partial charge is 0.257 e. The van der Waals surface area contributed by atoms with Crippen molar-refractivity contribution in [3.05, 3.63) is 47.8 Å². The number of para-hydroxylation sites is 1. The molecule has 5 heteroatoms. The van der Waals surface area contributed by atoms with E-state index in [1.165, 1.54) is 6.42 Å². The third-order valence-electron chi connectivity index (χ3n) is 6.12. The van der Waals surface area contributed by atoms with E-state index in [9.17, 15) is 4.79 Å². The molecule has 0 radical (unpaired) electrons. The maximum absolute atomic E-state index is 13.4. The monoisotopic (exact) mass is 366 g/mol. The highest BCUT2D eigenvalue weighted by atomic mass is 16.2. The summed E-state index contributed by atoms with van der Waals surface area (Å²) in [4.78, 5) is 15.4. The largest absolute Gasteiger partial charge is 0.338 e. The highest BCUT2D eigenvalue weighted by Gasteiger charge is 2.39. The lowest BCUT2D eigenvalue weighted by Crippen LogP contribution is -2.44. The van der Waals surface area contributed by atoms with Crippen LogP contribution in [0.2, 0.25) is 0 Å². The van der Waals surface area contributed by atoms with Gasteiger partial charge in [0.05, 0.1) is 16.9 Å². The minimum atomic E-state index is -0.183. The quantitative estimate of drug-likeness (QED) is 0.886.